The fourth-order valence-electron chi connectivity index (χ4n) is 2.13. The molecule has 0 aliphatic rings. The minimum absolute atomic E-state index is 0.180. The number of nitrogens with zero attached hydrogens (tertiary/aromatic N) is 1. The van der Waals surface area contributed by atoms with Crippen molar-refractivity contribution in [2.75, 3.05) is 18.0 Å². The van der Waals surface area contributed by atoms with Gasteiger partial charge >= 0.3 is 5.97 Å². The summed E-state index contributed by atoms with van der Waals surface area (Å²) >= 11 is 0. The number of aliphatic carboxylic acids is 1. The molecule has 100 valence electrons. The van der Waals surface area contributed by atoms with E-state index in [0.717, 1.165) is 12.2 Å². The average Bonchev–Trinajstić information content (AvgIpc) is 2.22. The van der Waals surface area contributed by atoms with Gasteiger partial charge < -0.3 is 10.0 Å². The molecule has 0 radical (unpaired) electrons. The fourth-order valence-corrected chi connectivity index (χ4v) is 2.13. The van der Waals surface area contributed by atoms with Crippen LogP contribution in [0.15, 0.2) is 18.2 Å². The lowest BCUT2D eigenvalue weighted by Gasteiger charge is -2.27. The van der Waals surface area contributed by atoms with Crippen LogP contribution in [-0.4, -0.2) is 24.2 Å². The summed E-state index contributed by atoms with van der Waals surface area (Å²) in [6, 6.07) is 6.38. The molecule has 0 aliphatic heterocycles. The summed E-state index contributed by atoms with van der Waals surface area (Å²) < 4.78 is 0. The van der Waals surface area contributed by atoms with Crippen molar-refractivity contribution < 1.29 is 9.90 Å². The van der Waals surface area contributed by atoms with Crippen LogP contribution in [0.4, 0.5) is 5.69 Å². The smallest absolute Gasteiger partial charge is 0.305 e. The van der Waals surface area contributed by atoms with Gasteiger partial charge in [0.05, 0.1) is 6.42 Å². The van der Waals surface area contributed by atoms with Crippen LogP contribution in [0, 0.1) is 19.8 Å². The third kappa shape index (κ3) is 4.78. The Hall–Kier alpha value is -1.51. The SMILES string of the molecule is Cc1cc(C)cc(N(CCC(=O)O)CC(C)C)c1. The first-order valence-electron chi connectivity index (χ1n) is 6.43. The number of hydrogen-bond donors (Lipinski definition) is 1. The number of aryl methyl sites for hydroxylation is 2. The summed E-state index contributed by atoms with van der Waals surface area (Å²) in [6.45, 7) is 9.89. The molecule has 0 spiro atoms. The highest BCUT2D eigenvalue weighted by Gasteiger charge is 2.11. The van der Waals surface area contributed by atoms with E-state index in [1.807, 2.05) is 0 Å². The van der Waals surface area contributed by atoms with Gasteiger partial charge in [-0.05, 0) is 43.0 Å². The quantitative estimate of drug-likeness (QED) is 0.841. The number of carboxylic acid groups (broad SMARTS) is 1. The zero-order chi connectivity index (χ0) is 13.7. The number of hydrogen-bond acceptors (Lipinski definition) is 2. The third-order valence-electron chi connectivity index (χ3n) is 2.75. The Balaban J connectivity index is 2.89. The molecule has 0 saturated carbocycles. The lowest BCUT2D eigenvalue weighted by atomic mass is 10.1. The topological polar surface area (TPSA) is 40.5 Å². The predicted octanol–water partition coefficient (Wildman–Crippen LogP) is 3.24. The molecule has 0 unspecified atom stereocenters. The second kappa shape index (κ2) is 6.43. The Kier molecular flexibility index (Phi) is 5.20. The van der Waals surface area contributed by atoms with Crippen molar-refractivity contribution in [2.45, 2.75) is 34.1 Å². The van der Waals surface area contributed by atoms with Crippen molar-refractivity contribution in [3.05, 3.63) is 29.3 Å². The summed E-state index contributed by atoms with van der Waals surface area (Å²) in [5.74, 6) is -0.229. The van der Waals surface area contributed by atoms with Crippen LogP contribution >= 0.6 is 0 Å². The van der Waals surface area contributed by atoms with Crippen molar-refractivity contribution >= 4 is 11.7 Å². The summed E-state index contributed by atoms with van der Waals surface area (Å²) in [5, 5.41) is 8.83. The summed E-state index contributed by atoms with van der Waals surface area (Å²) in [5.41, 5.74) is 3.56. The zero-order valence-corrected chi connectivity index (χ0v) is 11.7. The number of benzene rings is 1. The summed E-state index contributed by atoms with van der Waals surface area (Å²) in [6.07, 6.45) is 0.180. The lowest BCUT2D eigenvalue weighted by molar-refractivity contribution is -0.136. The van der Waals surface area contributed by atoms with E-state index in [0.29, 0.717) is 12.5 Å². The van der Waals surface area contributed by atoms with E-state index in [9.17, 15) is 4.79 Å². The van der Waals surface area contributed by atoms with Gasteiger partial charge in [-0.15, -0.1) is 0 Å². The Morgan fingerprint density at radius 2 is 1.78 bits per heavy atom. The van der Waals surface area contributed by atoms with Gasteiger partial charge in [-0.25, -0.2) is 0 Å². The second-order valence-electron chi connectivity index (χ2n) is 5.33. The maximum absolute atomic E-state index is 10.7. The molecule has 3 nitrogen and oxygen atoms in total. The molecule has 18 heavy (non-hydrogen) atoms. The van der Waals surface area contributed by atoms with Crippen molar-refractivity contribution in [1.82, 2.24) is 0 Å². The predicted molar refractivity (Wildman–Crippen MR) is 75.2 cm³/mol. The van der Waals surface area contributed by atoms with Crippen molar-refractivity contribution in [3.63, 3.8) is 0 Å². The van der Waals surface area contributed by atoms with E-state index < -0.39 is 5.97 Å². The Labute approximate surface area is 109 Å². The normalized spacial score (nSPS) is 10.7. The molecule has 0 heterocycles. The van der Waals surface area contributed by atoms with E-state index in [4.69, 9.17) is 5.11 Å². The van der Waals surface area contributed by atoms with Crippen molar-refractivity contribution in [1.29, 1.82) is 0 Å². The van der Waals surface area contributed by atoms with E-state index in [1.54, 1.807) is 0 Å². The van der Waals surface area contributed by atoms with Crippen LogP contribution in [0.3, 0.4) is 0 Å². The van der Waals surface area contributed by atoms with E-state index in [-0.39, 0.29) is 6.42 Å². The van der Waals surface area contributed by atoms with Gasteiger partial charge in [0.2, 0.25) is 0 Å². The molecule has 1 N–H and O–H groups in total. The molecular formula is C15H23NO2. The minimum atomic E-state index is -0.742. The molecule has 0 atom stereocenters. The average molecular weight is 249 g/mol. The molecule has 0 bridgehead atoms. The highest BCUT2D eigenvalue weighted by Crippen LogP contribution is 2.20. The van der Waals surface area contributed by atoms with Crippen molar-refractivity contribution in [3.8, 4) is 0 Å². The first kappa shape index (κ1) is 14.6. The first-order chi connectivity index (χ1) is 8.38. The number of rotatable bonds is 6. The monoisotopic (exact) mass is 249 g/mol. The molecule has 3 heteroatoms. The largest absolute Gasteiger partial charge is 0.481 e. The molecular weight excluding hydrogens is 226 g/mol. The molecule has 0 amide bonds. The van der Waals surface area contributed by atoms with E-state index >= 15 is 0 Å². The van der Waals surface area contributed by atoms with Gasteiger partial charge in [0.15, 0.2) is 0 Å². The molecule has 0 aromatic heterocycles. The number of anilines is 1. The van der Waals surface area contributed by atoms with Crippen LogP contribution in [0.5, 0.6) is 0 Å². The standard InChI is InChI=1S/C15H23NO2/c1-11(2)10-16(6-5-15(17)18)14-8-12(3)7-13(4)9-14/h7-9,11H,5-6,10H2,1-4H3,(H,17,18). The molecule has 1 aromatic rings. The van der Waals surface area contributed by atoms with Gasteiger partial charge in [-0.1, -0.05) is 19.9 Å². The van der Waals surface area contributed by atoms with E-state index in [2.05, 4.69) is 50.8 Å². The van der Waals surface area contributed by atoms with Crippen LogP contribution in [0.25, 0.3) is 0 Å². The number of carbonyl (C=O) groups is 1. The Bertz CT molecular complexity index is 393. The van der Waals surface area contributed by atoms with Crippen LogP contribution in [0.2, 0.25) is 0 Å². The maximum atomic E-state index is 10.7. The van der Waals surface area contributed by atoms with Crippen molar-refractivity contribution in [2.24, 2.45) is 5.92 Å². The van der Waals surface area contributed by atoms with Crippen LogP contribution in [0.1, 0.15) is 31.4 Å². The third-order valence-corrected chi connectivity index (χ3v) is 2.75. The van der Waals surface area contributed by atoms with E-state index in [1.165, 1.54) is 11.1 Å². The Morgan fingerprint density at radius 3 is 2.22 bits per heavy atom. The molecule has 0 saturated heterocycles. The Morgan fingerprint density at radius 1 is 1.22 bits per heavy atom. The van der Waals surface area contributed by atoms with Gasteiger partial charge in [0.1, 0.15) is 0 Å². The summed E-state index contributed by atoms with van der Waals surface area (Å²) in [4.78, 5) is 12.9. The van der Waals surface area contributed by atoms with Gasteiger partial charge in [-0.2, -0.15) is 0 Å². The van der Waals surface area contributed by atoms with Gasteiger partial charge in [0, 0.05) is 18.8 Å². The summed E-state index contributed by atoms with van der Waals surface area (Å²) in [7, 11) is 0. The minimum Gasteiger partial charge on any atom is -0.481 e. The molecule has 1 aromatic carbocycles. The van der Waals surface area contributed by atoms with Crippen LogP contribution in [-0.2, 0) is 4.79 Å². The first-order valence-corrected chi connectivity index (χ1v) is 6.43. The lowest BCUT2D eigenvalue weighted by Crippen LogP contribution is -2.30. The zero-order valence-electron chi connectivity index (χ0n) is 11.7. The molecule has 1 rings (SSSR count). The van der Waals surface area contributed by atoms with Gasteiger partial charge in [-0.3, -0.25) is 4.79 Å². The maximum Gasteiger partial charge on any atom is 0.305 e. The second-order valence-corrected chi connectivity index (χ2v) is 5.33. The van der Waals surface area contributed by atoms with Gasteiger partial charge in [0.25, 0.3) is 0 Å². The number of carboxylic acids is 1. The van der Waals surface area contributed by atoms with Crippen LogP contribution < -0.4 is 4.90 Å². The fraction of sp³-hybridized carbons (Fsp3) is 0.533. The molecule has 0 fully saturated rings. The highest BCUT2D eigenvalue weighted by atomic mass is 16.4. The molecule has 0 aliphatic carbocycles. The highest BCUT2D eigenvalue weighted by molar-refractivity contribution is 5.67.